The van der Waals surface area contributed by atoms with Gasteiger partial charge in [0.15, 0.2) is 0 Å². The number of rotatable bonds is 2. The molecule has 1 saturated heterocycles. The Kier molecular flexibility index (Phi) is 5.49. The molecule has 5 heteroatoms. The zero-order chi connectivity index (χ0) is 15.5. The Labute approximate surface area is 129 Å². The Morgan fingerprint density at radius 2 is 1.71 bits per heavy atom. The van der Waals surface area contributed by atoms with E-state index in [9.17, 15) is 4.79 Å². The largest absolute Gasteiger partial charge is 0.444 e. The molecule has 5 nitrogen and oxygen atoms in total. The van der Waals surface area contributed by atoms with E-state index in [1.54, 1.807) is 0 Å². The summed E-state index contributed by atoms with van der Waals surface area (Å²) < 4.78 is 5.46. The Balaban J connectivity index is 1.83. The van der Waals surface area contributed by atoms with Gasteiger partial charge in [-0.05, 0) is 40.7 Å². The van der Waals surface area contributed by atoms with E-state index in [1.165, 1.54) is 25.7 Å². The molecule has 0 aromatic heterocycles. The predicted molar refractivity (Wildman–Crippen MR) is 84.5 cm³/mol. The van der Waals surface area contributed by atoms with Crippen LogP contribution in [0.1, 0.15) is 46.5 Å². The highest BCUT2D eigenvalue weighted by Gasteiger charge is 2.33. The summed E-state index contributed by atoms with van der Waals surface area (Å²) in [4.78, 5) is 16.5. The van der Waals surface area contributed by atoms with Crippen molar-refractivity contribution >= 4 is 6.09 Å². The molecule has 2 rings (SSSR count). The van der Waals surface area contributed by atoms with Crippen LogP contribution in [0.25, 0.3) is 0 Å². The molecule has 1 aliphatic heterocycles. The van der Waals surface area contributed by atoms with Crippen molar-refractivity contribution in [3.05, 3.63) is 0 Å². The fraction of sp³-hybridized carbons (Fsp3) is 0.938. The minimum atomic E-state index is -0.408. The smallest absolute Gasteiger partial charge is 0.410 e. The quantitative estimate of drug-likeness (QED) is 0.847. The van der Waals surface area contributed by atoms with Crippen molar-refractivity contribution in [2.75, 3.05) is 33.2 Å². The topological polar surface area (TPSA) is 44.8 Å². The van der Waals surface area contributed by atoms with E-state index in [2.05, 4.69) is 17.3 Å². The maximum atomic E-state index is 12.1. The van der Waals surface area contributed by atoms with E-state index >= 15 is 0 Å². The molecule has 2 fully saturated rings. The summed E-state index contributed by atoms with van der Waals surface area (Å²) in [6.45, 7) is 9.23. The van der Waals surface area contributed by atoms with Gasteiger partial charge in [0.2, 0.25) is 0 Å². The molecule has 0 spiro atoms. The van der Waals surface area contributed by atoms with Crippen molar-refractivity contribution in [3.8, 4) is 0 Å². The first-order valence-electron chi connectivity index (χ1n) is 8.30. The third-order valence-corrected chi connectivity index (χ3v) is 4.54. The fourth-order valence-corrected chi connectivity index (χ4v) is 3.45. The van der Waals surface area contributed by atoms with Gasteiger partial charge in [0, 0.05) is 38.3 Å². The number of piperazine rings is 1. The van der Waals surface area contributed by atoms with Gasteiger partial charge in [-0.1, -0.05) is 12.8 Å². The van der Waals surface area contributed by atoms with E-state index < -0.39 is 5.60 Å². The number of ether oxygens (including phenoxy) is 1. The van der Waals surface area contributed by atoms with E-state index in [4.69, 9.17) is 4.74 Å². The normalized spacial score (nSPS) is 28.5. The molecule has 122 valence electrons. The molecule has 1 saturated carbocycles. The first-order chi connectivity index (χ1) is 9.90. The van der Waals surface area contributed by atoms with Crippen molar-refractivity contribution in [2.45, 2.75) is 64.1 Å². The number of carbonyl (C=O) groups excluding carboxylic acids is 1. The van der Waals surface area contributed by atoms with E-state index in [1.807, 2.05) is 25.7 Å². The summed E-state index contributed by atoms with van der Waals surface area (Å²) >= 11 is 0. The summed E-state index contributed by atoms with van der Waals surface area (Å²) in [7, 11) is 2.07. The van der Waals surface area contributed by atoms with Crippen LogP contribution in [-0.2, 0) is 4.74 Å². The average Bonchev–Trinajstić information content (AvgIpc) is 2.45. The summed E-state index contributed by atoms with van der Waals surface area (Å²) in [5.74, 6) is 0. The van der Waals surface area contributed by atoms with E-state index in [0.29, 0.717) is 12.1 Å². The van der Waals surface area contributed by atoms with Crippen molar-refractivity contribution in [2.24, 2.45) is 0 Å². The lowest BCUT2D eigenvalue weighted by atomic mass is 9.89. The van der Waals surface area contributed by atoms with Crippen molar-refractivity contribution in [1.82, 2.24) is 15.1 Å². The highest BCUT2D eigenvalue weighted by molar-refractivity contribution is 5.68. The highest BCUT2D eigenvalue weighted by Crippen LogP contribution is 2.24. The van der Waals surface area contributed by atoms with Crippen LogP contribution < -0.4 is 5.32 Å². The maximum absolute atomic E-state index is 12.1. The van der Waals surface area contributed by atoms with Crippen LogP contribution >= 0.6 is 0 Å². The molecule has 21 heavy (non-hydrogen) atoms. The van der Waals surface area contributed by atoms with Gasteiger partial charge in [0.05, 0.1) is 0 Å². The van der Waals surface area contributed by atoms with Gasteiger partial charge in [-0.15, -0.1) is 0 Å². The second-order valence-electron chi connectivity index (χ2n) is 7.25. The van der Waals surface area contributed by atoms with E-state index in [0.717, 1.165) is 26.2 Å². The van der Waals surface area contributed by atoms with Gasteiger partial charge in [0.1, 0.15) is 5.60 Å². The molecule has 2 atom stereocenters. The predicted octanol–water partition coefficient (Wildman–Crippen LogP) is 2.07. The Morgan fingerprint density at radius 1 is 1.10 bits per heavy atom. The minimum absolute atomic E-state index is 0.170. The van der Waals surface area contributed by atoms with Crippen molar-refractivity contribution in [1.29, 1.82) is 0 Å². The molecule has 2 unspecified atom stereocenters. The summed E-state index contributed by atoms with van der Waals surface area (Å²) in [5, 5.41) is 3.47. The van der Waals surface area contributed by atoms with Gasteiger partial charge in [-0.2, -0.15) is 0 Å². The summed E-state index contributed by atoms with van der Waals surface area (Å²) in [6.07, 6.45) is 5.04. The monoisotopic (exact) mass is 297 g/mol. The average molecular weight is 297 g/mol. The Bertz CT molecular complexity index is 346. The molecule has 0 aromatic rings. The number of nitrogens with one attached hydrogen (secondary N) is 1. The second-order valence-corrected chi connectivity index (χ2v) is 7.25. The van der Waals surface area contributed by atoms with Crippen molar-refractivity contribution in [3.63, 3.8) is 0 Å². The number of hydrogen-bond donors (Lipinski definition) is 1. The Morgan fingerprint density at radius 3 is 2.29 bits per heavy atom. The van der Waals surface area contributed by atoms with Gasteiger partial charge < -0.3 is 15.0 Å². The zero-order valence-corrected chi connectivity index (χ0v) is 14.0. The van der Waals surface area contributed by atoms with Crippen LogP contribution in [0.5, 0.6) is 0 Å². The lowest BCUT2D eigenvalue weighted by Gasteiger charge is -2.44. The SMILES string of the molecule is CNC1CCCCC1N1CCN(C(=O)OC(C)(C)C)CC1. The maximum Gasteiger partial charge on any atom is 0.410 e. The van der Waals surface area contributed by atoms with Gasteiger partial charge in [0.25, 0.3) is 0 Å². The number of likely N-dealkylation sites (N-methyl/N-ethyl adjacent to an activating group) is 1. The highest BCUT2D eigenvalue weighted by atomic mass is 16.6. The minimum Gasteiger partial charge on any atom is -0.444 e. The van der Waals surface area contributed by atoms with Gasteiger partial charge >= 0.3 is 6.09 Å². The van der Waals surface area contributed by atoms with Crippen LogP contribution in [0.4, 0.5) is 4.79 Å². The van der Waals surface area contributed by atoms with Crippen LogP contribution in [0, 0.1) is 0 Å². The first-order valence-corrected chi connectivity index (χ1v) is 8.30. The molecule has 0 aromatic carbocycles. The summed E-state index contributed by atoms with van der Waals surface area (Å²) in [5.41, 5.74) is -0.408. The van der Waals surface area contributed by atoms with Crippen molar-refractivity contribution < 1.29 is 9.53 Å². The third-order valence-electron chi connectivity index (χ3n) is 4.54. The van der Waals surface area contributed by atoms with Crippen LogP contribution in [0.3, 0.4) is 0 Å². The molecular weight excluding hydrogens is 266 g/mol. The molecule has 2 aliphatic rings. The molecule has 1 aliphatic carbocycles. The molecule has 0 radical (unpaired) electrons. The van der Waals surface area contributed by atoms with Gasteiger partial charge in [-0.3, -0.25) is 4.90 Å². The lowest BCUT2D eigenvalue weighted by Crippen LogP contribution is -2.58. The summed E-state index contributed by atoms with van der Waals surface area (Å²) in [6, 6.07) is 1.23. The number of carbonyl (C=O) groups is 1. The fourth-order valence-electron chi connectivity index (χ4n) is 3.45. The molecule has 1 heterocycles. The van der Waals surface area contributed by atoms with Crippen LogP contribution in [0.2, 0.25) is 0 Å². The standard InChI is InChI=1S/C16H31N3O2/c1-16(2,3)21-15(20)19-11-9-18(10-12-19)14-8-6-5-7-13(14)17-4/h13-14,17H,5-12H2,1-4H3. The van der Waals surface area contributed by atoms with Crippen LogP contribution in [-0.4, -0.2) is 66.8 Å². The number of hydrogen-bond acceptors (Lipinski definition) is 4. The third kappa shape index (κ3) is 4.58. The molecule has 1 amide bonds. The molecule has 0 bridgehead atoms. The zero-order valence-electron chi connectivity index (χ0n) is 14.0. The van der Waals surface area contributed by atoms with E-state index in [-0.39, 0.29) is 6.09 Å². The molecule has 1 N–H and O–H groups in total. The molecular formula is C16H31N3O2. The lowest BCUT2D eigenvalue weighted by molar-refractivity contribution is 0.00580. The first kappa shape index (κ1) is 16.6. The van der Waals surface area contributed by atoms with Crippen LogP contribution in [0.15, 0.2) is 0 Å². The van der Waals surface area contributed by atoms with Gasteiger partial charge in [-0.25, -0.2) is 4.79 Å². The Hall–Kier alpha value is -0.810. The second kappa shape index (κ2) is 6.97. The number of amides is 1. The number of nitrogens with zero attached hydrogens (tertiary/aromatic N) is 2.